The molecular weight excluding hydrogens is 404 g/mol. The number of anilines is 1. The monoisotopic (exact) mass is 428 g/mol. The van der Waals surface area contributed by atoms with E-state index in [2.05, 4.69) is 25.8 Å². The Morgan fingerprint density at radius 2 is 2.03 bits per heavy atom. The lowest BCUT2D eigenvalue weighted by Gasteiger charge is -2.10. The Labute approximate surface area is 185 Å². The summed E-state index contributed by atoms with van der Waals surface area (Å²) in [4.78, 5) is 13.4. The summed E-state index contributed by atoms with van der Waals surface area (Å²) in [5.41, 5.74) is 10.6. The van der Waals surface area contributed by atoms with Crippen molar-refractivity contribution in [2.45, 2.75) is 32.9 Å². The van der Waals surface area contributed by atoms with E-state index in [0.717, 1.165) is 64.2 Å². The molecule has 4 heterocycles. The number of hydrogen-bond acceptors (Lipinski definition) is 7. The summed E-state index contributed by atoms with van der Waals surface area (Å²) in [5.74, 6) is 2.12. The number of nitrogen functional groups attached to an aromatic ring is 1. The van der Waals surface area contributed by atoms with E-state index in [0.29, 0.717) is 19.0 Å². The third-order valence-electron chi connectivity index (χ3n) is 5.45. The standard InChI is InChI=1S/C24H24N6O2/c1-2-31-15-21-28-22-23(18-9-3-4-10-19(18)27-24(22)25)30(21)12-6-8-17-13-20(29-32-17)16-7-5-11-26-14-16/h3-5,7,9-11,13-14H,2,6,8,12,15H2,1H3,(H2,25,27). The molecule has 5 rings (SSSR count). The molecule has 32 heavy (non-hydrogen) atoms. The van der Waals surface area contributed by atoms with Crippen LogP contribution in [0.15, 0.2) is 59.4 Å². The lowest BCUT2D eigenvalue weighted by atomic mass is 10.1. The van der Waals surface area contributed by atoms with E-state index in [1.165, 1.54) is 0 Å². The fourth-order valence-corrected chi connectivity index (χ4v) is 3.94. The van der Waals surface area contributed by atoms with E-state index in [-0.39, 0.29) is 0 Å². The Morgan fingerprint density at radius 3 is 2.88 bits per heavy atom. The van der Waals surface area contributed by atoms with Crippen molar-refractivity contribution in [2.24, 2.45) is 0 Å². The van der Waals surface area contributed by atoms with Gasteiger partial charge in [0.2, 0.25) is 0 Å². The maximum absolute atomic E-state index is 6.25. The van der Waals surface area contributed by atoms with Gasteiger partial charge in [-0.25, -0.2) is 9.97 Å². The predicted octanol–water partition coefficient (Wildman–Crippen LogP) is 4.39. The van der Waals surface area contributed by atoms with Crippen LogP contribution in [0.3, 0.4) is 0 Å². The quantitative estimate of drug-likeness (QED) is 0.391. The average Bonchev–Trinajstić information content (AvgIpc) is 3.44. The Morgan fingerprint density at radius 1 is 1.12 bits per heavy atom. The molecule has 8 heteroatoms. The van der Waals surface area contributed by atoms with Crippen LogP contribution >= 0.6 is 0 Å². The molecule has 0 unspecified atom stereocenters. The summed E-state index contributed by atoms with van der Waals surface area (Å²) in [6, 6.07) is 13.8. The zero-order valence-electron chi connectivity index (χ0n) is 17.9. The Balaban J connectivity index is 1.43. The van der Waals surface area contributed by atoms with Gasteiger partial charge in [-0.15, -0.1) is 0 Å². The second-order valence-electron chi connectivity index (χ2n) is 7.55. The van der Waals surface area contributed by atoms with Crippen molar-refractivity contribution in [1.82, 2.24) is 24.7 Å². The minimum atomic E-state index is 0.423. The number of para-hydroxylation sites is 1. The van der Waals surface area contributed by atoms with Crippen LogP contribution in [-0.4, -0.2) is 31.3 Å². The first-order valence-electron chi connectivity index (χ1n) is 10.7. The third-order valence-corrected chi connectivity index (χ3v) is 5.45. The van der Waals surface area contributed by atoms with Gasteiger partial charge in [-0.2, -0.15) is 0 Å². The second kappa shape index (κ2) is 8.76. The summed E-state index contributed by atoms with van der Waals surface area (Å²) >= 11 is 0. The molecule has 2 N–H and O–H groups in total. The highest BCUT2D eigenvalue weighted by Gasteiger charge is 2.17. The second-order valence-corrected chi connectivity index (χ2v) is 7.55. The van der Waals surface area contributed by atoms with E-state index in [4.69, 9.17) is 20.0 Å². The van der Waals surface area contributed by atoms with Crippen LogP contribution in [0.5, 0.6) is 0 Å². The first-order chi connectivity index (χ1) is 15.7. The third kappa shape index (κ3) is 3.80. The van der Waals surface area contributed by atoms with Crippen LogP contribution in [0.1, 0.15) is 24.9 Å². The minimum absolute atomic E-state index is 0.423. The van der Waals surface area contributed by atoms with Gasteiger partial charge in [-0.05, 0) is 31.5 Å². The molecule has 0 saturated carbocycles. The molecule has 162 valence electrons. The predicted molar refractivity (Wildman–Crippen MR) is 123 cm³/mol. The van der Waals surface area contributed by atoms with Crippen molar-refractivity contribution in [3.05, 3.63) is 66.4 Å². The summed E-state index contributed by atoms with van der Waals surface area (Å²) in [6.45, 7) is 3.76. The number of imidazole rings is 1. The minimum Gasteiger partial charge on any atom is -0.382 e. The topological polar surface area (TPSA) is 105 Å². The molecule has 0 aliphatic carbocycles. The van der Waals surface area contributed by atoms with E-state index in [1.807, 2.05) is 43.3 Å². The van der Waals surface area contributed by atoms with Gasteiger partial charge >= 0.3 is 0 Å². The van der Waals surface area contributed by atoms with Gasteiger partial charge in [-0.1, -0.05) is 23.4 Å². The highest BCUT2D eigenvalue weighted by Crippen LogP contribution is 2.29. The molecule has 5 aromatic rings. The molecule has 8 nitrogen and oxygen atoms in total. The van der Waals surface area contributed by atoms with Gasteiger partial charge in [0.25, 0.3) is 0 Å². The molecule has 0 aliphatic rings. The van der Waals surface area contributed by atoms with Gasteiger partial charge in [0, 0.05) is 49.0 Å². The number of nitrogens with zero attached hydrogens (tertiary/aromatic N) is 5. The fraction of sp³-hybridized carbons (Fsp3) is 0.250. The largest absolute Gasteiger partial charge is 0.382 e. The Hall–Kier alpha value is -3.78. The first kappa shape index (κ1) is 20.1. The van der Waals surface area contributed by atoms with E-state index in [9.17, 15) is 0 Å². The molecule has 1 aromatic carbocycles. The van der Waals surface area contributed by atoms with Crippen molar-refractivity contribution in [3.8, 4) is 11.3 Å². The first-order valence-corrected chi connectivity index (χ1v) is 10.7. The molecule has 0 aliphatic heterocycles. The molecular formula is C24H24N6O2. The number of aryl methyl sites for hydroxylation is 2. The number of ether oxygens (including phenoxy) is 1. The van der Waals surface area contributed by atoms with Crippen molar-refractivity contribution < 1.29 is 9.26 Å². The number of hydrogen-bond donors (Lipinski definition) is 1. The average molecular weight is 428 g/mol. The summed E-state index contributed by atoms with van der Waals surface area (Å²) in [7, 11) is 0. The number of fused-ring (bicyclic) bond motifs is 3. The van der Waals surface area contributed by atoms with Crippen molar-refractivity contribution in [3.63, 3.8) is 0 Å². The lowest BCUT2D eigenvalue weighted by molar-refractivity contribution is 0.126. The SMILES string of the molecule is CCOCc1nc2c(N)nc3ccccc3c2n1CCCc1cc(-c2cccnc2)no1. The van der Waals surface area contributed by atoms with E-state index >= 15 is 0 Å². The lowest BCUT2D eigenvalue weighted by Crippen LogP contribution is -2.07. The van der Waals surface area contributed by atoms with Crippen LogP contribution in [0.25, 0.3) is 33.2 Å². The Bertz CT molecular complexity index is 1360. The van der Waals surface area contributed by atoms with Gasteiger partial charge in [0.15, 0.2) is 5.82 Å². The fourth-order valence-electron chi connectivity index (χ4n) is 3.94. The zero-order valence-corrected chi connectivity index (χ0v) is 17.9. The molecule has 0 atom stereocenters. The normalized spacial score (nSPS) is 11.5. The van der Waals surface area contributed by atoms with Crippen molar-refractivity contribution in [1.29, 1.82) is 0 Å². The van der Waals surface area contributed by atoms with E-state index < -0.39 is 0 Å². The van der Waals surface area contributed by atoms with Gasteiger partial charge in [0.1, 0.15) is 29.4 Å². The van der Waals surface area contributed by atoms with Crippen LogP contribution in [0, 0.1) is 0 Å². The van der Waals surface area contributed by atoms with Crippen LogP contribution < -0.4 is 5.73 Å². The highest BCUT2D eigenvalue weighted by molar-refractivity contribution is 6.06. The zero-order chi connectivity index (χ0) is 21.9. The molecule has 0 radical (unpaired) electrons. The van der Waals surface area contributed by atoms with Gasteiger partial charge < -0.3 is 19.6 Å². The number of nitrogens with two attached hydrogens (primary N) is 1. The van der Waals surface area contributed by atoms with E-state index in [1.54, 1.807) is 12.4 Å². The number of benzene rings is 1. The van der Waals surface area contributed by atoms with Crippen LogP contribution in [-0.2, 0) is 24.3 Å². The number of aromatic nitrogens is 5. The highest BCUT2D eigenvalue weighted by atomic mass is 16.5. The number of pyridine rings is 2. The molecule has 0 spiro atoms. The maximum atomic E-state index is 6.25. The molecule has 0 bridgehead atoms. The summed E-state index contributed by atoms with van der Waals surface area (Å²) in [6.07, 6.45) is 5.12. The van der Waals surface area contributed by atoms with Gasteiger partial charge in [0.05, 0.1) is 11.0 Å². The molecule has 0 amide bonds. The smallest absolute Gasteiger partial charge is 0.152 e. The summed E-state index contributed by atoms with van der Waals surface area (Å²) in [5, 5.41) is 5.22. The van der Waals surface area contributed by atoms with Crippen LogP contribution in [0.4, 0.5) is 5.82 Å². The molecule has 0 fully saturated rings. The summed E-state index contributed by atoms with van der Waals surface area (Å²) < 4.78 is 13.4. The number of rotatable bonds is 8. The Kier molecular flexibility index (Phi) is 5.51. The molecule has 0 saturated heterocycles. The van der Waals surface area contributed by atoms with Gasteiger partial charge in [-0.3, -0.25) is 4.98 Å². The van der Waals surface area contributed by atoms with Crippen molar-refractivity contribution >= 4 is 27.8 Å². The van der Waals surface area contributed by atoms with Crippen LogP contribution in [0.2, 0.25) is 0 Å². The van der Waals surface area contributed by atoms with Crippen molar-refractivity contribution in [2.75, 3.05) is 12.3 Å². The molecule has 4 aromatic heterocycles. The maximum Gasteiger partial charge on any atom is 0.152 e.